The van der Waals surface area contributed by atoms with Crippen molar-refractivity contribution in [1.82, 2.24) is 4.90 Å². The van der Waals surface area contributed by atoms with Gasteiger partial charge in [-0.05, 0) is 12.1 Å². The number of thioether (sulfide) groups is 1. The van der Waals surface area contributed by atoms with E-state index in [1.165, 1.54) is 11.8 Å². The number of carbonyl (C=O) groups is 1. The van der Waals surface area contributed by atoms with E-state index in [1.807, 2.05) is 30.3 Å². The van der Waals surface area contributed by atoms with Gasteiger partial charge in [0.15, 0.2) is 0 Å². The van der Waals surface area contributed by atoms with Crippen LogP contribution < -0.4 is 0 Å². The first-order valence-corrected chi connectivity index (χ1v) is 6.96. The predicted octanol–water partition coefficient (Wildman–Crippen LogP) is 2.25. The molecular formula is C13H17F2NO2S. The molecule has 1 aromatic carbocycles. The summed E-state index contributed by atoms with van der Waals surface area (Å²) in [4.78, 5) is 13.8. The molecule has 0 fully saturated rings. The van der Waals surface area contributed by atoms with Gasteiger partial charge in [0, 0.05) is 23.6 Å². The third kappa shape index (κ3) is 6.54. The number of alkyl halides is 2. The molecule has 0 saturated heterocycles. The zero-order valence-electron chi connectivity index (χ0n) is 10.5. The topological polar surface area (TPSA) is 40.5 Å². The van der Waals surface area contributed by atoms with Gasteiger partial charge < -0.3 is 10.0 Å². The van der Waals surface area contributed by atoms with Crippen LogP contribution in [0.3, 0.4) is 0 Å². The van der Waals surface area contributed by atoms with Crippen LogP contribution in [0.5, 0.6) is 0 Å². The van der Waals surface area contributed by atoms with E-state index < -0.39 is 13.0 Å². The molecule has 0 aliphatic rings. The second-order valence-electron chi connectivity index (χ2n) is 3.87. The van der Waals surface area contributed by atoms with Gasteiger partial charge in [-0.15, -0.1) is 11.8 Å². The van der Waals surface area contributed by atoms with E-state index in [4.69, 9.17) is 5.11 Å². The Hall–Kier alpha value is -1.14. The first-order chi connectivity index (χ1) is 9.13. The van der Waals surface area contributed by atoms with Crippen LogP contribution in [0, 0.1) is 0 Å². The molecule has 0 radical (unpaired) electrons. The minimum Gasteiger partial charge on any atom is -0.395 e. The van der Waals surface area contributed by atoms with Crippen molar-refractivity contribution in [1.29, 1.82) is 0 Å². The number of aliphatic hydroxyl groups is 1. The lowest BCUT2D eigenvalue weighted by Gasteiger charge is -2.21. The molecule has 1 aromatic rings. The standard InChI is InChI=1S/C13H17F2NO2S/c14-12(15)10-16(7-8-17)13(18)6-9-19-11-4-2-1-3-5-11/h1-5,12,17H,6-10H2. The highest BCUT2D eigenvalue weighted by Gasteiger charge is 2.17. The third-order valence-corrected chi connectivity index (χ3v) is 3.42. The highest BCUT2D eigenvalue weighted by atomic mass is 32.2. The summed E-state index contributed by atoms with van der Waals surface area (Å²) in [5, 5.41) is 8.76. The Kier molecular flexibility index (Phi) is 7.43. The van der Waals surface area contributed by atoms with Crippen LogP contribution in [0.25, 0.3) is 0 Å². The maximum atomic E-state index is 12.3. The van der Waals surface area contributed by atoms with Crippen molar-refractivity contribution in [2.75, 3.05) is 25.4 Å². The molecule has 0 aromatic heterocycles. The third-order valence-electron chi connectivity index (χ3n) is 2.41. The monoisotopic (exact) mass is 289 g/mol. The minimum absolute atomic E-state index is 0.0425. The van der Waals surface area contributed by atoms with Gasteiger partial charge in [0.1, 0.15) is 0 Å². The van der Waals surface area contributed by atoms with Crippen LogP contribution in [0.15, 0.2) is 35.2 Å². The van der Waals surface area contributed by atoms with E-state index in [9.17, 15) is 13.6 Å². The summed E-state index contributed by atoms with van der Waals surface area (Å²) in [7, 11) is 0. The SMILES string of the molecule is O=C(CCSc1ccccc1)N(CCO)CC(F)F. The van der Waals surface area contributed by atoms with E-state index in [-0.39, 0.29) is 25.5 Å². The molecular weight excluding hydrogens is 272 g/mol. The fourth-order valence-corrected chi connectivity index (χ4v) is 2.40. The van der Waals surface area contributed by atoms with E-state index in [1.54, 1.807) is 0 Å². The fraction of sp³-hybridized carbons (Fsp3) is 0.462. The molecule has 0 unspecified atom stereocenters. The summed E-state index contributed by atoms with van der Waals surface area (Å²) >= 11 is 1.51. The average Bonchev–Trinajstić information content (AvgIpc) is 2.39. The van der Waals surface area contributed by atoms with Crippen LogP contribution >= 0.6 is 11.8 Å². The minimum atomic E-state index is -2.57. The quantitative estimate of drug-likeness (QED) is 0.746. The Morgan fingerprint density at radius 1 is 1.32 bits per heavy atom. The summed E-state index contributed by atoms with van der Waals surface area (Å²) in [6.07, 6.45) is -2.39. The molecule has 0 saturated carbocycles. The van der Waals surface area contributed by atoms with Crippen molar-refractivity contribution in [2.45, 2.75) is 17.7 Å². The lowest BCUT2D eigenvalue weighted by molar-refractivity contribution is -0.133. The van der Waals surface area contributed by atoms with Gasteiger partial charge in [-0.2, -0.15) is 0 Å². The molecule has 0 heterocycles. The Morgan fingerprint density at radius 2 is 2.00 bits per heavy atom. The molecule has 1 amide bonds. The fourth-order valence-electron chi connectivity index (χ4n) is 1.54. The summed E-state index contributed by atoms with van der Waals surface area (Å²) < 4.78 is 24.5. The van der Waals surface area contributed by atoms with Crippen molar-refractivity contribution in [3.05, 3.63) is 30.3 Å². The number of carbonyl (C=O) groups excluding carboxylic acids is 1. The molecule has 0 spiro atoms. The summed E-state index contributed by atoms with van der Waals surface area (Å²) in [6, 6.07) is 9.57. The largest absolute Gasteiger partial charge is 0.395 e. The lowest BCUT2D eigenvalue weighted by Crippen LogP contribution is -2.37. The number of hydrogen-bond acceptors (Lipinski definition) is 3. The van der Waals surface area contributed by atoms with Crippen molar-refractivity contribution in [3.8, 4) is 0 Å². The normalized spacial score (nSPS) is 10.7. The maximum Gasteiger partial charge on any atom is 0.255 e. The zero-order valence-corrected chi connectivity index (χ0v) is 11.3. The van der Waals surface area contributed by atoms with Crippen molar-refractivity contribution >= 4 is 17.7 Å². The predicted molar refractivity (Wildman–Crippen MR) is 71.5 cm³/mol. The smallest absolute Gasteiger partial charge is 0.255 e. The molecule has 6 heteroatoms. The van der Waals surface area contributed by atoms with Crippen molar-refractivity contribution in [2.24, 2.45) is 0 Å². The van der Waals surface area contributed by atoms with E-state index in [0.29, 0.717) is 5.75 Å². The highest BCUT2D eigenvalue weighted by Crippen LogP contribution is 2.18. The second-order valence-corrected chi connectivity index (χ2v) is 5.03. The number of amides is 1. The van der Waals surface area contributed by atoms with E-state index >= 15 is 0 Å². The van der Waals surface area contributed by atoms with Crippen LogP contribution in [0.1, 0.15) is 6.42 Å². The molecule has 1 rings (SSSR count). The number of halogens is 2. The Balaban J connectivity index is 2.35. The van der Waals surface area contributed by atoms with Crippen LogP contribution in [-0.4, -0.2) is 47.8 Å². The molecule has 0 aliphatic heterocycles. The number of rotatable bonds is 8. The zero-order chi connectivity index (χ0) is 14.1. The Bertz CT molecular complexity index is 376. The lowest BCUT2D eigenvalue weighted by atomic mass is 10.3. The van der Waals surface area contributed by atoms with Gasteiger partial charge in [0.25, 0.3) is 6.43 Å². The van der Waals surface area contributed by atoms with E-state index in [2.05, 4.69) is 0 Å². The molecule has 0 atom stereocenters. The number of aliphatic hydroxyl groups excluding tert-OH is 1. The number of hydrogen-bond donors (Lipinski definition) is 1. The summed E-state index contributed by atoms with van der Waals surface area (Å²) in [5.41, 5.74) is 0. The van der Waals surface area contributed by atoms with Crippen LogP contribution in [0.2, 0.25) is 0 Å². The Labute approximate surface area is 115 Å². The molecule has 0 aliphatic carbocycles. The molecule has 19 heavy (non-hydrogen) atoms. The molecule has 1 N–H and O–H groups in total. The van der Waals surface area contributed by atoms with Gasteiger partial charge in [0.2, 0.25) is 5.91 Å². The van der Waals surface area contributed by atoms with Crippen LogP contribution in [-0.2, 0) is 4.79 Å². The summed E-state index contributed by atoms with van der Waals surface area (Å²) in [5.74, 6) is 0.186. The van der Waals surface area contributed by atoms with Gasteiger partial charge in [-0.3, -0.25) is 4.79 Å². The maximum absolute atomic E-state index is 12.3. The van der Waals surface area contributed by atoms with Gasteiger partial charge in [-0.25, -0.2) is 8.78 Å². The van der Waals surface area contributed by atoms with Crippen LogP contribution in [0.4, 0.5) is 8.78 Å². The number of nitrogens with zero attached hydrogens (tertiary/aromatic N) is 1. The Morgan fingerprint density at radius 3 is 2.58 bits per heavy atom. The van der Waals surface area contributed by atoms with E-state index in [0.717, 1.165) is 9.80 Å². The summed E-state index contributed by atoms with van der Waals surface area (Å²) in [6.45, 7) is -0.959. The molecule has 3 nitrogen and oxygen atoms in total. The highest BCUT2D eigenvalue weighted by molar-refractivity contribution is 7.99. The van der Waals surface area contributed by atoms with Gasteiger partial charge in [0.05, 0.1) is 13.2 Å². The average molecular weight is 289 g/mol. The van der Waals surface area contributed by atoms with Crippen molar-refractivity contribution < 1.29 is 18.7 Å². The van der Waals surface area contributed by atoms with Gasteiger partial charge in [-0.1, -0.05) is 18.2 Å². The van der Waals surface area contributed by atoms with Gasteiger partial charge >= 0.3 is 0 Å². The molecule has 106 valence electrons. The first kappa shape index (κ1) is 15.9. The first-order valence-electron chi connectivity index (χ1n) is 5.98. The second kappa shape index (κ2) is 8.87. The number of benzene rings is 1. The van der Waals surface area contributed by atoms with Crippen molar-refractivity contribution in [3.63, 3.8) is 0 Å². The molecule has 0 bridgehead atoms.